The number of amides is 1. The number of aromatic nitrogens is 3. The van der Waals surface area contributed by atoms with Gasteiger partial charge in [-0.05, 0) is 26.4 Å². The van der Waals surface area contributed by atoms with E-state index in [1.165, 1.54) is 6.20 Å². The van der Waals surface area contributed by atoms with E-state index in [9.17, 15) is 9.59 Å². The number of hydrogen-bond donors (Lipinski definition) is 1. The highest BCUT2D eigenvalue weighted by Crippen LogP contribution is 2.15. The van der Waals surface area contributed by atoms with Gasteiger partial charge < -0.3 is 14.9 Å². The second-order valence-corrected chi connectivity index (χ2v) is 5.17. The van der Waals surface area contributed by atoms with Gasteiger partial charge in [-0.15, -0.1) is 5.10 Å². The van der Waals surface area contributed by atoms with E-state index in [1.807, 2.05) is 7.05 Å². The second-order valence-electron chi connectivity index (χ2n) is 5.17. The van der Waals surface area contributed by atoms with Crippen LogP contribution >= 0.6 is 0 Å². The van der Waals surface area contributed by atoms with Gasteiger partial charge in [-0.25, -0.2) is 4.68 Å². The van der Waals surface area contributed by atoms with Crippen LogP contribution < -0.4 is 0 Å². The van der Waals surface area contributed by atoms with Gasteiger partial charge in [0.15, 0.2) is 5.69 Å². The first kappa shape index (κ1) is 14.4. The predicted molar refractivity (Wildman–Crippen MR) is 70.3 cm³/mol. The average Bonchev–Trinajstić information content (AvgIpc) is 2.84. The van der Waals surface area contributed by atoms with E-state index in [-0.39, 0.29) is 24.2 Å². The number of carbonyl (C=O) groups is 2. The molecule has 1 aromatic heterocycles. The van der Waals surface area contributed by atoms with Crippen molar-refractivity contribution in [2.24, 2.45) is 0 Å². The van der Waals surface area contributed by atoms with E-state index >= 15 is 0 Å². The molecule has 0 saturated carbocycles. The highest BCUT2D eigenvalue weighted by molar-refractivity contribution is 5.92. The summed E-state index contributed by atoms with van der Waals surface area (Å²) in [7, 11) is 3.79. The number of likely N-dealkylation sites (N-methyl/N-ethyl adjacent to an activating group) is 2. The Morgan fingerprint density at radius 3 is 2.95 bits per heavy atom. The van der Waals surface area contributed by atoms with Crippen LogP contribution in [0.15, 0.2) is 6.20 Å². The number of carboxylic acid groups (broad SMARTS) is 1. The lowest BCUT2D eigenvalue weighted by Crippen LogP contribution is -2.47. The number of carbonyl (C=O) groups excluding carboxylic acids is 1. The van der Waals surface area contributed by atoms with Crippen LogP contribution in [0.2, 0.25) is 0 Å². The molecule has 0 radical (unpaired) electrons. The number of carboxylic acids is 1. The van der Waals surface area contributed by atoms with Gasteiger partial charge in [-0.1, -0.05) is 5.21 Å². The Morgan fingerprint density at radius 2 is 2.30 bits per heavy atom. The van der Waals surface area contributed by atoms with E-state index in [2.05, 4.69) is 15.2 Å². The molecule has 1 saturated heterocycles. The maximum Gasteiger partial charge on any atom is 0.325 e. The molecule has 1 fully saturated rings. The minimum atomic E-state index is -1.02. The van der Waals surface area contributed by atoms with Crippen LogP contribution in [0.25, 0.3) is 0 Å². The Balaban J connectivity index is 2.02. The highest BCUT2D eigenvalue weighted by atomic mass is 16.4. The first-order chi connectivity index (χ1) is 9.47. The van der Waals surface area contributed by atoms with Crippen LogP contribution in [0.1, 0.15) is 23.3 Å². The van der Waals surface area contributed by atoms with Crippen LogP contribution in [0.4, 0.5) is 0 Å². The van der Waals surface area contributed by atoms with Crippen LogP contribution in [0, 0.1) is 0 Å². The monoisotopic (exact) mass is 281 g/mol. The van der Waals surface area contributed by atoms with E-state index in [0.29, 0.717) is 0 Å². The maximum atomic E-state index is 12.3. The second kappa shape index (κ2) is 6.00. The number of aliphatic carboxylic acids is 1. The molecule has 1 amide bonds. The van der Waals surface area contributed by atoms with Gasteiger partial charge in [0.25, 0.3) is 5.91 Å². The molecule has 2 rings (SSSR count). The Kier molecular flexibility index (Phi) is 4.33. The molecule has 0 aromatic carbocycles. The van der Waals surface area contributed by atoms with Crippen LogP contribution in [0.3, 0.4) is 0 Å². The first-order valence-corrected chi connectivity index (χ1v) is 6.55. The predicted octanol–water partition coefficient (Wildman–Crippen LogP) is -0.471. The highest BCUT2D eigenvalue weighted by Gasteiger charge is 2.26. The third-order valence-electron chi connectivity index (χ3n) is 3.52. The lowest BCUT2D eigenvalue weighted by Gasteiger charge is -2.35. The van der Waals surface area contributed by atoms with Gasteiger partial charge >= 0.3 is 5.97 Å². The molecular weight excluding hydrogens is 262 g/mol. The van der Waals surface area contributed by atoms with E-state index in [0.717, 1.165) is 30.6 Å². The number of likely N-dealkylation sites (tertiary alicyclic amines) is 1. The zero-order chi connectivity index (χ0) is 14.7. The third-order valence-corrected chi connectivity index (χ3v) is 3.52. The van der Waals surface area contributed by atoms with E-state index in [1.54, 1.807) is 11.9 Å². The van der Waals surface area contributed by atoms with Crippen molar-refractivity contribution in [1.29, 1.82) is 0 Å². The molecule has 8 nitrogen and oxygen atoms in total. The van der Waals surface area contributed by atoms with Crippen molar-refractivity contribution in [3.05, 3.63) is 11.9 Å². The van der Waals surface area contributed by atoms with Crippen molar-refractivity contribution >= 4 is 11.9 Å². The normalized spacial score (nSPS) is 19.8. The van der Waals surface area contributed by atoms with Crippen molar-refractivity contribution in [2.75, 3.05) is 27.2 Å². The molecule has 1 atom stereocenters. The summed E-state index contributed by atoms with van der Waals surface area (Å²) >= 11 is 0. The van der Waals surface area contributed by atoms with E-state index in [4.69, 9.17) is 5.11 Å². The summed E-state index contributed by atoms with van der Waals surface area (Å²) in [4.78, 5) is 26.7. The third kappa shape index (κ3) is 3.32. The quantitative estimate of drug-likeness (QED) is 0.802. The van der Waals surface area contributed by atoms with Crippen molar-refractivity contribution < 1.29 is 14.7 Å². The SMILES string of the molecule is CN1CCCC(N(C)C(=O)c2cn(CC(=O)O)nn2)C1. The molecule has 8 heteroatoms. The summed E-state index contributed by atoms with van der Waals surface area (Å²) in [5.41, 5.74) is 0.182. The minimum Gasteiger partial charge on any atom is -0.480 e. The van der Waals surface area contributed by atoms with Crippen LogP contribution in [-0.4, -0.2) is 75.0 Å². The van der Waals surface area contributed by atoms with Crippen LogP contribution in [0.5, 0.6) is 0 Å². The maximum absolute atomic E-state index is 12.3. The molecule has 0 spiro atoms. The van der Waals surface area contributed by atoms with Gasteiger partial charge in [0.1, 0.15) is 6.54 Å². The Labute approximate surface area is 117 Å². The number of rotatable bonds is 4. The fraction of sp³-hybridized carbons (Fsp3) is 0.667. The fourth-order valence-electron chi connectivity index (χ4n) is 2.41. The smallest absolute Gasteiger partial charge is 0.325 e. The average molecular weight is 281 g/mol. The van der Waals surface area contributed by atoms with Crippen molar-refractivity contribution in [1.82, 2.24) is 24.8 Å². The minimum absolute atomic E-state index is 0.158. The van der Waals surface area contributed by atoms with Crippen molar-refractivity contribution in [3.63, 3.8) is 0 Å². The number of hydrogen-bond acceptors (Lipinski definition) is 5. The molecule has 1 aliphatic rings. The molecule has 1 aromatic rings. The summed E-state index contributed by atoms with van der Waals surface area (Å²) in [6.07, 6.45) is 3.40. The summed E-state index contributed by atoms with van der Waals surface area (Å²) < 4.78 is 1.15. The van der Waals surface area contributed by atoms with Crippen molar-refractivity contribution in [2.45, 2.75) is 25.4 Å². The van der Waals surface area contributed by atoms with Gasteiger partial charge in [0.05, 0.1) is 6.20 Å². The summed E-state index contributed by atoms with van der Waals surface area (Å²) in [5.74, 6) is -1.24. The first-order valence-electron chi connectivity index (χ1n) is 6.55. The largest absolute Gasteiger partial charge is 0.480 e. The molecule has 0 aliphatic carbocycles. The molecule has 1 N–H and O–H groups in total. The van der Waals surface area contributed by atoms with Gasteiger partial charge in [-0.3, -0.25) is 9.59 Å². The van der Waals surface area contributed by atoms with Gasteiger partial charge in [-0.2, -0.15) is 0 Å². The fourth-order valence-corrected chi connectivity index (χ4v) is 2.41. The molecule has 1 aliphatic heterocycles. The summed E-state index contributed by atoms with van der Waals surface area (Å²) in [5, 5.41) is 16.1. The number of piperidine rings is 1. The summed E-state index contributed by atoms with van der Waals surface area (Å²) in [6, 6.07) is 0.158. The standard InChI is InChI=1S/C12H19N5O3/c1-15-5-3-4-9(6-15)16(2)12(20)10-7-17(14-13-10)8-11(18)19/h7,9H,3-6,8H2,1-2H3,(H,18,19). The zero-order valence-electron chi connectivity index (χ0n) is 11.7. The molecule has 0 bridgehead atoms. The van der Waals surface area contributed by atoms with Crippen LogP contribution in [-0.2, 0) is 11.3 Å². The summed E-state index contributed by atoms with van der Waals surface area (Å²) in [6.45, 7) is 1.59. The lowest BCUT2D eigenvalue weighted by atomic mass is 10.0. The van der Waals surface area contributed by atoms with Gasteiger partial charge in [0.2, 0.25) is 0 Å². The van der Waals surface area contributed by atoms with Gasteiger partial charge in [0, 0.05) is 19.6 Å². The Morgan fingerprint density at radius 1 is 1.55 bits per heavy atom. The molecule has 1 unspecified atom stereocenters. The molecular formula is C12H19N5O3. The zero-order valence-corrected chi connectivity index (χ0v) is 11.7. The lowest BCUT2D eigenvalue weighted by molar-refractivity contribution is -0.137. The Hall–Kier alpha value is -1.96. The molecule has 2 heterocycles. The van der Waals surface area contributed by atoms with E-state index < -0.39 is 5.97 Å². The topological polar surface area (TPSA) is 91.6 Å². The molecule has 110 valence electrons. The Bertz CT molecular complexity index is 501. The number of nitrogens with zero attached hydrogens (tertiary/aromatic N) is 5. The molecule has 20 heavy (non-hydrogen) atoms. The van der Waals surface area contributed by atoms with Crippen molar-refractivity contribution in [3.8, 4) is 0 Å².